The Labute approximate surface area is 106 Å². The first-order valence-electron chi connectivity index (χ1n) is 5.64. The molecule has 0 amide bonds. The second-order valence-corrected chi connectivity index (χ2v) is 4.56. The first-order chi connectivity index (χ1) is 8.11. The third-order valence-corrected chi connectivity index (χ3v) is 3.06. The summed E-state index contributed by atoms with van der Waals surface area (Å²) in [6, 6.07) is 8.02. The van der Waals surface area contributed by atoms with Crippen molar-refractivity contribution in [3.8, 4) is 5.69 Å². The molecule has 0 atom stereocenters. The number of rotatable bonds is 3. The molecule has 1 aromatic carbocycles. The van der Waals surface area contributed by atoms with Gasteiger partial charge in [-0.05, 0) is 50.6 Å². The van der Waals surface area contributed by atoms with Crippen molar-refractivity contribution in [2.45, 2.75) is 20.3 Å². The van der Waals surface area contributed by atoms with Gasteiger partial charge in [0.15, 0.2) is 0 Å². The van der Waals surface area contributed by atoms with Crippen LogP contribution in [0.1, 0.15) is 17.0 Å². The van der Waals surface area contributed by atoms with Crippen LogP contribution in [0.3, 0.4) is 0 Å². The number of benzene rings is 1. The molecule has 0 bridgehead atoms. The second-order valence-electron chi connectivity index (χ2n) is 4.15. The first-order valence-corrected chi connectivity index (χ1v) is 6.01. The number of hydrogen-bond acceptors (Lipinski definition) is 2. The molecule has 0 saturated carbocycles. The highest BCUT2D eigenvalue weighted by Crippen LogP contribution is 2.21. The molecule has 90 valence electrons. The van der Waals surface area contributed by atoms with Gasteiger partial charge in [-0.3, -0.25) is 0 Å². The topological polar surface area (TPSA) is 43.8 Å². The van der Waals surface area contributed by atoms with Crippen molar-refractivity contribution in [1.29, 1.82) is 0 Å². The van der Waals surface area contributed by atoms with Crippen LogP contribution in [-0.2, 0) is 6.42 Å². The standard InChI is InChI=1S/C13H16ClN3/c1-9-7-10(2)17(16-9)12-4-3-11(5-6-15)13(14)8-12/h3-4,7-8H,5-6,15H2,1-2H3. The summed E-state index contributed by atoms with van der Waals surface area (Å²) in [5, 5.41) is 5.18. The lowest BCUT2D eigenvalue weighted by Gasteiger charge is -2.08. The van der Waals surface area contributed by atoms with Gasteiger partial charge in [0.05, 0.1) is 11.4 Å². The Kier molecular flexibility index (Phi) is 3.50. The van der Waals surface area contributed by atoms with Crippen LogP contribution in [0.5, 0.6) is 0 Å². The molecular formula is C13H16ClN3. The third kappa shape index (κ3) is 2.51. The van der Waals surface area contributed by atoms with E-state index in [1.54, 1.807) is 0 Å². The normalized spacial score (nSPS) is 10.8. The summed E-state index contributed by atoms with van der Waals surface area (Å²) in [5.41, 5.74) is 9.71. The molecular weight excluding hydrogens is 234 g/mol. The Hall–Kier alpha value is -1.32. The van der Waals surface area contributed by atoms with E-state index in [4.69, 9.17) is 17.3 Å². The average molecular weight is 250 g/mol. The minimum Gasteiger partial charge on any atom is -0.330 e. The summed E-state index contributed by atoms with van der Waals surface area (Å²) < 4.78 is 1.90. The fourth-order valence-electron chi connectivity index (χ4n) is 1.92. The predicted octanol–water partition coefficient (Wildman–Crippen LogP) is 2.64. The summed E-state index contributed by atoms with van der Waals surface area (Å²) in [5.74, 6) is 0. The average Bonchev–Trinajstić information content (AvgIpc) is 2.61. The maximum absolute atomic E-state index is 6.22. The zero-order valence-electron chi connectivity index (χ0n) is 10.1. The number of nitrogens with two attached hydrogens (primary N) is 1. The Morgan fingerprint density at radius 3 is 2.59 bits per heavy atom. The zero-order chi connectivity index (χ0) is 12.4. The van der Waals surface area contributed by atoms with Crippen LogP contribution < -0.4 is 5.73 Å². The molecule has 0 aliphatic heterocycles. The fraction of sp³-hybridized carbons (Fsp3) is 0.308. The number of hydrogen-bond donors (Lipinski definition) is 1. The van der Waals surface area contributed by atoms with Gasteiger partial charge in [-0.1, -0.05) is 17.7 Å². The van der Waals surface area contributed by atoms with Crippen LogP contribution >= 0.6 is 11.6 Å². The minimum atomic E-state index is 0.610. The molecule has 0 aliphatic rings. The molecule has 0 fully saturated rings. The van der Waals surface area contributed by atoms with Crippen LogP contribution in [-0.4, -0.2) is 16.3 Å². The van der Waals surface area contributed by atoms with Gasteiger partial charge in [-0.2, -0.15) is 5.10 Å². The highest BCUT2D eigenvalue weighted by molar-refractivity contribution is 6.31. The molecule has 2 rings (SSSR count). The zero-order valence-corrected chi connectivity index (χ0v) is 10.8. The fourth-order valence-corrected chi connectivity index (χ4v) is 2.19. The van der Waals surface area contributed by atoms with E-state index in [1.807, 2.05) is 42.8 Å². The van der Waals surface area contributed by atoms with Crippen molar-refractivity contribution in [2.24, 2.45) is 5.73 Å². The van der Waals surface area contributed by atoms with Gasteiger partial charge >= 0.3 is 0 Å². The van der Waals surface area contributed by atoms with Gasteiger partial charge < -0.3 is 5.73 Å². The van der Waals surface area contributed by atoms with E-state index in [1.165, 1.54) is 0 Å². The van der Waals surface area contributed by atoms with E-state index in [2.05, 4.69) is 5.10 Å². The third-order valence-electron chi connectivity index (χ3n) is 2.70. The van der Waals surface area contributed by atoms with Crippen LogP contribution in [0.15, 0.2) is 24.3 Å². The molecule has 2 N–H and O–H groups in total. The predicted molar refractivity (Wildman–Crippen MR) is 70.8 cm³/mol. The van der Waals surface area contributed by atoms with Crippen molar-refractivity contribution in [3.63, 3.8) is 0 Å². The largest absolute Gasteiger partial charge is 0.330 e. The van der Waals surface area contributed by atoms with Crippen LogP contribution in [0, 0.1) is 13.8 Å². The number of halogens is 1. The number of aryl methyl sites for hydroxylation is 2. The second kappa shape index (κ2) is 4.90. The smallest absolute Gasteiger partial charge is 0.0663 e. The molecule has 0 saturated heterocycles. The molecule has 2 aromatic rings. The molecule has 1 aromatic heterocycles. The lowest BCUT2D eigenvalue weighted by atomic mass is 10.1. The molecule has 0 radical (unpaired) electrons. The SMILES string of the molecule is Cc1cc(C)n(-c2ccc(CCN)c(Cl)c2)n1. The summed E-state index contributed by atoms with van der Waals surface area (Å²) in [6.07, 6.45) is 0.802. The molecule has 0 spiro atoms. The van der Waals surface area contributed by atoms with Gasteiger partial charge in [0.25, 0.3) is 0 Å². The monoisotopic (exact) mass is 249 g/mol. The Bertz CT molecular complexity index is 531. The lowest BCUT2D eigenvalue weighted by molar-refractivity contribution is 0.832. The molecule has 3 nitrogen and oxygen atoms in total. The van der Waals surface area contributed by atoms with E-state index in [-0.39, 0.29) is 0 Å². The number of aromatic nitrogens is 2. The lowest BCUT2D eigenvalue weighted by Crippen LogP contribution is -2.04. The van der Waals surface area contributed by atoms with Gasteiger partial charge in [-0.25, -0.2) is 4.68 Å². The highest BCUT2D eigenvalue weighted by atomic mass is 35.5. The Balaban J connectivity index is 2.41. The van der Waals surface area contributed by atoms with Crippen molar-refractivity contribution in [3.05, 3.63) is 46.2 Å². The van der Waals surface area contributed by atoms with Crippen molar-refractivity contribution in [1.82, 2.24) is 9.78 Å². The van der Waals surface area contributed by atoms with E-state index in [9.17, 15) is 0 Å². The van der Waals surface area contributed by atoms with E-state index < -0.39 is 0 Å². The molecule has 0 aliphatic carbocycles. The summed E-state index contributed by atoms with van der Waals surface area (Å²) in [7, 11) is 0. The Morgan fingerprint density at radius 1 is 1.29 bits per heavy atom. The van der Waals surface area contributed by atoms with Crippen LogP contribution in [0.25, 0.3) is 5.69 Å². The highest BCUT2D eigenvalue weighted by Gasteiger charge is 2.06. The van der Waals surface area contributed by atoms with Crippen molar-refractivity contribution >= 4 is 11.6 Å². The number of nitrogens with zero attached hydrogens (tertiary/aromatic N) is 2. The van der Waals surface area contributed by atoms with Crippen molar-refractivity contribution in [2.75, 3.05) is 6.54 Å². The summed E-state index contributed by atoms with van der Waals surface area (Å²) in [6.45, 7) is 4.62. The van der Waals surface area contributed by atoms with Gasteiger partial charge in [0, 0.05) is 10.7 Å². The van der Waals surface area contributed by atoms with E-state index in [0.717, 1.165) is 34.1 Å². The van der Waals surface area contributed by atoms with Gasteiger partial charge in [0.2, 0.25) is 0 Å². The summed E-state index contributed by atoms with van der Waals surface area (Å²) in [4.78, 5) is 0. The van der Waals surface area contributed by atoms with E-state index in [0.29, 0.717) is 6.54 Å². The Morgan fingerprint density at radius 2 is 2.06 bits per heavy atom. The summed E-state index contributed by atoms with van der Waals surface area (Å²) >= 11 is 6.22. The maximum atomic E-state index is 6.22. The minimum absolute atomic E-state index is 0.610. The van der Waals surface area contributed by atoms with Crippen LogP contribution in [0.4, 0.5) is 0 Å². The molecule has 4 heteroatoms. The van der Waals surface area contributed by atoms with Gasteiger partial charge in [-0.15, -0.1) is 0 Å². The molecule has 0 unspecified atom stereocenters. The molecule has 1 heterocycles. The van der Waals surface area contributed by atoms with Crippen molar-refractivity contribution < 1.29 is 0 Å². The quantitative estimate of drug-likeness (QED) is 0.909. The van der Waals surface area contributed by atoms with Gasteiger partial charge in [0.1, 0.15) is 0 Å². The molecule has 17 heavy (non-hydrogen) atoms. The first kappa shape index (κ1) is 12.1. The maximum Gasteiger partial charge on any atom is 0.0663 e. The van der Waals surface area contributed by atoms with Crippen LogP contribution in [0.2, 0.25) is 5.02 Å². The van der Waals surface area contributed by atoms with E-state index >= 15 is 0 Å².